The molecule has 1 N–H and O–H groups in total. The molecular formula is C18H15N5O2. The summed E-state index contributed by atoms with van der Waals surface area (Å²) in [6, 6.07) is 15.2. The molecule has 0 saturated carbocycles. The largest absolute Gasteiger partial charge is 0.441 e. The van der Waals surface area contributed by atoms with Gasteiger partial charge in [-0.05, 0) is 23.8 Å². The van der Waals surface area contributed by atoms with Crippen molar-refractivity contribution in [2.24, 2.45) is 0 Å². The zero-order valence-electron chi connectivity index (χ0n) is 13.5. The van der Waals surface area contributed by atoms with Crippen LogP contribution in [0.2, 0.25) is 0 Å². The summed E-state index contributed by atoms with van der Waals surface area (Å²) < 4.78 is 7.06. The molecule has 2 aromatic heterocycles. The Balaban J connectivity index is 1.48. The van der Waals surface area contributed by atoms with Gasteiger partial charge in [0.05, 0.1) is 12.7 Å². The van der Waals surface area contributed by atoms with E-state index in [0.29, 0.717) is 29.2 Å². The van der Waals surface area contributed by atoms with Gasteiger partial charge in [0.15, 0.2) is 17.2 Å². The lowest BCUT2D eigenvalue weighted by Gasteiger charge is -2.02. The average Bonchev–Trinajstić information content (AvgIpc) is 3.21. The average molecular weight is 333 g/mol. The van der Waals surface area contributed by atoms with Gasteiger partial charge in [-0.3, -0.25) is 4.79 Å². The number of nitrogens with one attached hydrogen (secondary N) is 1. The predicted molar refractivity (Wildman–Crippen MR) is 92.3 cm³/mol. The van der Waals surface area contributed by atoms with E-state index >= 15 is 0 Å². The molecule has 0 unspecified atom stereocenters. The van der Waals surface area contributed by atoms with E-state index in [1.54, 1.807) is 36.0 Å². The zero-order valence-corrected chi connectivity index (χ0v) is 13.5. The Labute approximate surface area is 143 Å². The van der Waals surface area contributed by atoms with Gasteiger partial charge in [-0.15, -0.1) is 5.10 Å². The third-order valence-corrected chi connectivity index (χ3v) is 3.71. The number of carbonyl (C=O) groups excluding carboxylic acids is 1. The standard InChI is InChI=1S/C18H15N5O2/c1-12-19-15-9-14(7-8-17(15)25-12)20-18(24)16-11-23(22-21-16)10-13-5-3-2-4-6-13/h2-9,11H,10H2,1H3,(H,20,24). The quantitative estimate of drug-likeness (QED) is 0.620. The van der Waals surface area contributed by atoms with Crippen LogP contribution in [0.4, 0.5) is 5.69 Å². The second-order valence-electron chi connectivity index (χ2n) is 5.66. The van der Waals surface area contributed by atoms with E-state index in [1.165, 1.54) is 0 Å². The van der Waals surface area contributed by atoms with E-state index in [-0.39, 0.29) is 11.6 Å². The molecule has 0 atom stereocenters. The third-order valence-electron chi connectivity index (χ3n) is 3.71. The predicted octanol–water partition coefficient (Wildman–Crippen LogP) is 3.03. The van der Waals surface area contributed by atoms with Crippen molar-refractivity contribution in [3.8, 4) is 0 Å². The first-order chi connectivity index (χ1) is 12.2. The number of carbonyl (C=O) groups is 1. The number of aromatic nitrogens is 4. The van der Waals surface area contributed by atoms with Crippen LogP contribution >= 0.6 is 0 Å². The molecule has 4 rings (SSSR count). The van der Waals surface area contributed by atoms with Crippen LogP contribution in [0.3, 0.4) is 0 Å². The Hall–Kier alpha value is -3.48. The molecule has 2 aromatic carbocycles. The smallest absolute Gasteiger partial charge is 0.277 e. The van der Waals surface area contributed by atoms with E-state index < -0.39 is 0 Å². The van der Waals surface area contributed by atoms with Crippen molar-refractivity contribution in [2.45, 2.75) is 13.5 Å². The van der Waals surface area contributed by atoms with Crippen LogP contribution in [0.15, 0.2) is 59.1 Å². The SMILES string of the molecule is Cc1nc2cc(NC(=O)c3cn(Cc4ccccc4)nn3)ccc2o1. The summed E-state index contributed by atoms with van der Waals surface area (Å²) >= 11 is 0. The number of oxazole rings is 1. The molecule has 4 aromatic rings. The maximum Gasteiger partial charge on any atom is 0.277 e. The Morgan fingerprint density at radius 1 is 1.20 bits per heavy atom. The van der Waals surface area contributed by atoms with E-state index in [4.69, 9.17) is 4.42 Å². The van der Waals surface area contributed by atoms with Gasteiger partial charge >= 0.3 is 0 Å². The number of amides is 1. The number of hydrogen-bond donors (Lipinski definition) is 1. The molecule has 0 bridgehead atoms. The number of fused-ring (bicyclic) bond motifs is 1. The molecule has 0 radical (unpaired) electrons. The van der Waals surface area contributed by atoms with Crippen LogP contribution in [0, 0.1) is 6.92 Å². The highest BCUT2D eigenvalue weighted by Gasteiger charge is 2.12. The molecule has 0 fully saturated rings. The van der Waals surface area contributed by atoms with Crippen molar-refractivity contribution >= 4 is 22.7 Å². The van der Waals surface area contributed by atoms with E-state index in [0.717, 1.165) is 5.56 Å². The second-order valence-corrected chi connectivity index (χ2v) is 5.66. The van der Waals surface area contributed by atoms with Gasteiger partial charge < -0.3 is 9.73 Å². The first-order valence-electron chi connectivity index (χ1n) is 7.80. The first-order valence-corrected chi connectivity index (χ1v) is 7.80. The van der Waals surface area contributed by atoms with Crippen molar-refractivity contribution in [1.29, 1.82) is 0 Å². The number of nitrogens with zero attached hydrogens (tertiary/aromatic N) is 4. The zero-order chi connectivity index (χ0) is 17.2. The fraction of sp³-hybridized carbons (Fsp3) is 0.111. The molecule has 0 aliphatic carbocycles. The highest BCUT2D eigenvalue weighted by Crippen LogP contribution is 2.20. The normalized spacial score (nSPS) is 10.9. The lowest BCUT2D eigenvalue weighted by Crippen LogP contribution is -2.12. The molecule has 25 heavy (non-hydrogen) atoms. The van der Waals surface area contributed by atoms with Gasteiger partial charge in [-0.2, -0.15) is 0 Å². The fourth-order valence-electron chi connectivity index (χ4n) is 2.57. The molecule has 1 amide bonds. The van der Waals surface area contributed by atoms with Crippen LogP contribution in [-0.2, 0) is 6.54 Å². The van der Waals surface area contributed by atoms with Crippen LogP contribution < -0.4 is 5.32 Å². The van der Waals surface area contributed by atoms with Gasteiger partial charge in [0.2, 0.25) is 0 Å². The van der Waals surface area contributed by atoms with Crippen molar-refractivity contribution in [2.75, 3.05) is 5.32 Å². The summed E-state index contributed by atoms with van der Waals surface area (Å²) in [5.74, 6) is 0.265. The van der Waals surface area contributed by atoms with Gasteiger partial charge in [0, 0.05) is 12.6 Å². The number of rotatable bonds is 4. The Morgan fingerprint density at radius 2 is 2.04 bits per heavy atom. The fourth-order valence-corrected chi connectivity index (χ4v) is 2.57. The lowest BCUT2D eigenvalue weighted by molar-refractivity contribution is 0.102. The minimum Gasteiger partial charge on any atom is -0.441 e. The summed E-state index contributed by atoms with van der Waals surface area (Å²) in [6.45, 7) is 2.34. The van der Waals surface area contributed by atoms with E-state index in [1.807, 2.05) is 30.3 Å². The summed E-state index contributed by atoms with van der Waals surface area (Å²) in [5, 5.41) is 10.7. The van der Waals surface area contributed by atoms with Crippen molar-refractivity contribution < 1.29 is 9.21 Å². The molecule has 0 spiro atoms. The van der Waals surface area contributed by atoms with E-state index in [9.17, 15) is 4.79 Å². The Kier molecular flexibility index (Phi) is 3.74. The van der Waals surface area contributed by atoms with Crippen LogP contribution in [0.25, 0.3) is 11.1 Å². The third kappa shape index (κ3) is 3.25. The van der Waals surface area contributed by atoms with Gasteiger partial charge in [0.1, 0.15) is 5.52 Å². The van der Waals surface area contributed by atoms with Gasteiger partial charge in [0.25, 0.3) is 5.91 Å². The molecular weight excluding hydrogens is 318 g/mol. The minimum atomic E-state index is -0.320. The summed E-state index contributed by atoms with van der Waals surface area (Å²) in [6.07, 6.45) is 1.63. The topological polar surface area (TPSA) is 85.8 Å². The lowest BCUT2D eigenvalue weighted by atomic mass is 10.2. The molecule has 7 heteroatoms. The summed E-state index contributed by atoms with van der Waals surface area (Å²) in [5.41, 5.74) is 3.36. The molecule has 0 aliphatic heterocycles. The minimum absolute atomic E-state index is 0.257. The number of hydrogen-bond acceptors (Lipinski definition) is 5. The van der Waals surface area contributed by atoms with Crippen molar-refractivity contribution in [1.82, 2.24) is 20.0 Å². The molecule has 7 nitrogen and oxygen atoms in total. The maximum atomic E-state index is 12.4. The van der Waals surface area contributed by atoms with Crippen LogP contribution in [0.5, 0.6) is 0 Å². The molecule has 2 heterocycles. The monoisotopic (exact) mass is 333 g/mol. The van der Waals surface area contributed by atoms with Crippen LogP contribution in [-0.4, -0.2) is 25.9 Å². The highest BCUT2D eigenvalue weighted by molar-refractivity contribution is 6.03. The Bertz CT molecular complexity index is 1040. The second kappa shape index (κ2) is 6.20. The van der Waals surface area contributed by atoms with Crippen molar-refractivity contribution in [3.63, 3.8) is 0 Å². The van der Waals surface area contributed by atoms with Gasteiger partial charge in [-0.1, -0.05) is 35.5 Å². The number of aryl methyl sites for hydroxylation is 1. The summed E-state index contributed by atoms with van der Waals surface area (Å²) in [4.78, 5) is 16.6. The first kappa shape index (κ1) is 15.1. The molecule has 124 valence electrons. The molecule has 0 aliphatic rings. The number of benzene rings is 2. The van der Waals surface area contributed by atoms with Crippen LogP contribution in [0.1, 0.15) is 21.9 Å². The van der Waals surface area contributed by atoms with Crippen molar-refractivity contribution in [3.05, 3.63) is 71.9 Å². The molecule has 0 saturated heterocycles. The number of anilines is 1. The highest BCUT2D eigenvalue weighted by atomic mass is 16.3. The summed E-state index contributed by atoms with van der Waals surface area (Å²) in [7, 11) is 0. The Morgan fingerprint density at radius 3 is 2.88 bits per heavy atom. The van der Waals surface area contributed by atoms with Gasteiger partial charge in [-0.25, -0.2) is 9.67 Å². The van der Waals surface area contributed by atoms with E-state index in [2.05, 4.69) is 20.6 Å². The maximum absolute atomic E-state index is 12.4.